The molecule has 0 saturated carbocycles. The van der Waals surface area contributed by atoms with Crippen molar-refractivity contribution in [3.63, 3.8) is 0 Å². The van der Waals surface area contributed by atoms with Crippen molar-refractivity contribution >= 4 is 27.6 Å². The fraction of sp³-hybridized carbons (Fsp3) is 0.727. The highest BCUT2D eigenvalue weighted by molar-refractivity contribution is 8.12. The van der Waals surface area contributed by atoms with E-state index in [1.54, 1.807) is 4.31 Å². The summed E-state index contributed by atoms with van der Waals surface area (Å²) in [6.45, 7) is 1.38. The fourth-order valence-corrected chi connectivity index (χ4v) is 3.12. The van der Waals surface area contributed by atoms with Crippen molar-refractivity contribution in [3.05, 3.63) is 0 Å². The molecule has 1 heterocycles. The highest BCUT2D eigenvalue weighted by Gasteiger charge is 2.28. The standard InChI is InChI=1S/C11H21N3O5S/c1-20(19,8-15)14-6-4-13(5-7-14)11(18)9(12)2-3-10(16)17/h8-9,20H,2-7,12H2,1H3,(H,16,17)/t9-/m0/s1. The molecule has 1 aliphatic rings. The monoisotopic (exact) mass is 307 g/mol. The molecule has 0 aromatic heterocycles. The molecule has 1 amide bonds. The molecule has 1 atom stereocenters. The number of carboxylic acid groups (broad SMARTS) is 1. The van der Waals surface area contributed by atoms with Gasteiger partial charge in [-0.25, -0.2) is 4.31 Å². The summed E-state index contributed by atoms with van der Waals surface area (Å²) < 4.78 is 13.5. The first-order chi connectivity index (χ1) is 9.27. The first kappa shape index (κ1) is 16.7. The maximum Gasteiger partial charge on any atom is 0.303 e. The molecule has 0 spiro atoms. The van der Waals surface area contributed by atoms with Gasteiger partial charge >= 0.3 is 5.97 Å². The summed E-state index contributed by atoms with van der Waals surface area (Å²) in [4.78, 5) is 34.7. The van der Waals surface area contributed by atoms with E-state index in [0.717, 1.165) is 0 Å². The first-order valence-electron chi connectivity index (χ1n) is 6.33. The maximum atomic E-state index is 12.0. The number of carbonyl (C=O) groups is 3. The second-order valence-electron chi connectivity index (χ2n) is 4.87. The van der Waals surface area contributed by atoms with Crippen molar-refractivity contribution in [1.82, 2.24) is 9.21 Å². The van der Waals surface area contributed by atoms with E-state index in [-0.39, 0.29) is 18.7 Å². The van der Waals surface area contributed by atoms with Gasteiger partial charge < -0.3 is 15.7 Å². The summed E-state index contributed by atoms with van der Waals surface area (Å²) in [7, 11) is -2.95. The number of nitrogens with two attached hydrogens (primary N) is 1. The van der Waals surface area contributed by atoms with Crippen molar-refractivity contribution in [1.29, 1.82) is 0 Å². The number of hydrogen-bond donors (Lipinski definition) is 3. The highest BCUT2D eigenvalue weighted by atomic mass is 32.3. The maximum absolute atomic E-state index is 12.0. The molecule has 20 heavy (non-hydrogen) atoms. The summed E-state index contributed by atoms with van der Waals surface area (Å²) in [5.41, 5.74) is 6.13. The van der Waals surface area contributed by atoms with Gasteiger partial charge in [0.15, 0.2) is 5.62 Å². The Labute approximate surface area is 118 Å². The van der Waals surface area contributed by atoms with Crippen LogP contribution in [0.1, 0.15) is 12.8 Å². The number of thiol groups is 1. The lowest BCUT2D eigenvalue weighted by atomic mass is 10.1. The van der Waals surface area contributed by atoms with Gasteiger partial charge in [-0.05, 0) is 16.5 Å². The number of amides is 1. The average molecular weight is 307 g/mol. The molecule has 0 radical (unpaired) electrons. The molecule has 1 rings (SSSR count). The van der Waals surface area contributed by atoms with Crippen LogP contribution in [0.5, 0.6) is 0 Å². The minimum Gasteiger partial charge on any atom is -0.481 e. The van der Waals surface area contributed by atoms with Crippen molar-refractivity contribution < 1.29 is 23.7 Å². The highest BCUT2D eigenvalue weighted by Crippen LogP contribution is 2.12. The van der Waals surface area contributed by atoms with Crippen molar-refractivity contribution in [2.45, 2.75) is 18.9 Å². The van der Waals surface area contributed by atoms with Crippen LogP contribution in [0.15, 0.2) is 0 Å². The van der Waals surface area contributed by atoms with Crippen molar-refractivity contribution in [2.24, 2.45) is 5.73 Å². The zero-order valence-corrected chi connectivity index (χ0v) is 12.3. The van der Waals surface area contributed by atoms with Crippen molar-refractivity contribution in [3.8, 4) is 0 Å². The van der Waals surface area contributed by atoms with E-state index in [4.69, 9.17) is 10.8 Å². The molecule has 8 nitrogen and oxygen atoms in total. The number of rotatable bonds is 6. The van der Waals surface area contributed by atoms with Gasteiger partial charge in [-0.3, -0.25) is 18.6 Å². The van der Waals surface area contributed by atoms with Crippen LogP contribution in [0, 0.1) is 0 Å². The molecule has 0 bridgehead atoms. The van der Waals surface area contributed by atoms with E-state index >= 15 is 0 Å². The van der Waals surface area contributed by atoms with E-state index in [9.17, 15) is 18.6 Å². The Balaban J connectivity index is 2.48. The number of hydrogen-bond acceptors (Lipinski definition) is 5. The summed E-state index contributed by atoms with van der Waals surface area (Å²) >= 11 is 0. The van der Waals surface area contributed by atoms with Gasteiger partial charge in [0.05, 0.1) is 6.04 Å². The van der Waals surface area contributed by atoms with E-state index in [2.05, 4.69) is 0 Å². The SMILES string of the molecule is C[SH](=O)(C=O)N1CCN(C(=O)[C@@H](N)CCC(=O)O)CC1. The quantitative estimate of drug-likeness (QED) is 0.388. The molecule has 0 aromatic carbocycles. The van der Waals surface area contributed by atoms with Crippen LogP contribution in [-0.4, -0.2) is 74.5 Å². The summed E-state index contributed by atoms with van der Waals surface area (Å²) in [6.07, 6.45) is 1.34. The van der Waals surface area contributed by atoms with Gasteiger partial charge in [-0.15, -0.1) is 0 Å². The first-order valence-corrected chi connectivity index (χ1v) is 8.50. The number of piperazine rings is 1. The average Bonchev–Trinajstić information content (AvgIpc) is 2.44. The van der Waals surface area contributed by atoms with Crippen LogP contribution in [0.25, 0.3) is 0 Å². The molecule has 116 valence electrons. The van der Waals surface area contributed by atoms with Crippen LogP contribution < -0.4 is 5.73 Å². The molecule has 3 N–H and O–H groups in total. The predicted octanol–water partition coefficient (Wildman–Crippen LogP) is -1.93. The Kier molecular flexibility index (Phi) is 5.78. The van der Waals surface area contributed by atoms with Gasteiger partial charge in [-0.2, -0.15) is 0 Å². The zero-order valence-electron chi connectivity index (χ0n) is 11.4. The Hall–Kier alpha value is -1.32. The molecule has 0 aliphatic carbocycles. The molecular formula is C11H21N3O5S. The molecule has 1 fully saturated rings. The number of nitrogens with zero attached hydrogens (tertiary/aromatic N) is 2. The van der Waals surface area contributed by atoms with Gasteiger partial charge in [-0.1, -0.05) is 0 Å². The van der Waals surface area contributed by atoms with Crippen LogP contribution in [0.2, 0.25) is 0 Å². The predicted molar refractivity (Wildman–Crippen MR) is 75.2 cm³/mol. The minimum atomic E-state index is -2.95. The Morgan fingerprint density at radius 2 is 1.90 bits per heavy atom. The molecule has 0 aromatic rings. The normalized spacial score (nSPS) is 19.4. The van der Waals surface area contributed by atoms with Crippen LogP contribution in [0.3, 0.4) is 0 Å². The lowest BCUT2D eigenvalue weighted by Gasteiger charge is -2.38. The smallest absolute Gasteiger partial charge is 0.303 e. The molecule has 9 heteroatoms. The third-order valence-electron chi connectivity index (χ3n) is 3.31. The Morgan fingerprint density at radius 3 is 2.35 bits per heavy atom. The minimum absolute atomic E-state index is 0.0923. The third-order valence-corrected chi connectivity index (χ3v) is 5.23. The number of carboxylic acids is 1. The van der Waals surface area contributed by atoms with Crippen LogP contribution in [0.4, 0.5) is 0 Å². The van der Waals surface area contributed by atoms with Crippen LogP contribution >= 0.6 is 0 Å². The lowest BCUT2D eigenvalue weighted by molar-refractivity contribution is -0.138. The second-order valence-corrected chi connectivity index (χ2v) is 7.53. The van der Waals surface area contributed by atoms with Gasteiger partial charge in [0.25, 0.3) is 0 Å². The molecule has 1 saturated heterocycles. The fourth-order valence-electron chi connectivity index (χ4n) is 2.02. The molecule has 0 unspecified atom stereocenters. The van der Waals surface area contributed by atoms with E-state index < -0.39 is 22.1 Å². The lowest BCUT2D eigenvalue weighted by Crippen LogP contribution is -2.55. The summed E-state index contributed by atoms with van der Waals surface area (Å²) in [6, 6.07) is -0.836. The summed E-state index contributed by atoms with van der Waals surface area (Å²) in [5, 5.41) is 8.55. The Morgan fingerprint density at radius 1 is 1.35 bits per heavy atom. The van der Waals surface area contributed by atoms with Gasteiger partial charge in [0.1, 0.15) is 0 Å². The van der Waals surface area contributed by atoms with Gasteiger partial charge in [0.2, 0.25) is 5.91 Å². The van der Waals surface area contributed by atoms with E-state index in [0.29, 0.717) is 31.8 Å². The van der Waals surface area contributed by atoms with Crippen molar-refractivity contribution in [2.75, 3.05) is 32.4 Å². The molecule has 1 aliphatic heterocycles. The zero-order chi connectivity index (χ0) is 15.3. The van der Waals surface area contributed by atoms with Crippen LogP contribution in [-0.2, 0) is 24.5 Å². The number of aliphatic carboxylic acids is 1. The third kappa shape index (κ3) is 4.36. The summed E-state index contributed by atoms with van der Waals surface area (Å²) in [5.74, 6) is -1.29. The molecular weight excluding hydrogens is 286 g/mol. The number of carbonyl (C=O) groups excluding carboxylic acids is 2. The Bertz CT molecular complexity index is 434. The second kappa shape index (κ2) is 6.91. The van der Waals surface area contributed by atoms with E-state index in [1.807, 2.05) is 0 Å². The largest absolute Gasteiger partial charge is 0.481 e. The van der Waals surface area contributed by atoms with E-state index in [1.165, 1.54) is 11.2 Å². The topological polar surface area (TPSA) is 121 Å². The van der Waals surface area contributed by atoms with Gasteiger partial charge in [0, 0.05) is 38.9 Å².